The van der Waals surface area contributed by atoms with E-state index < -0.39 is 0 Å². The van der Waals surface area contributed by atoms with E-state index in [0.29, 0.717) is 10.4 Å². The summed E-state index contributed by atoms with van der Waals surface area (Å²) < 4.78 is 2.90. The molecule has 1 aliphatic rings. The minimum atomic E-state index is 0.307. The Bertz CT molecular complexity index is 734. The summed E-state index contributed by atoms with van der Waals surface area (Å²) in [6.07, 6.45) is 3.21. The minimum Gasteiger partial charge on any atom is -0.343 e. The zero-order valence-electron chi connectivity index (χ0n) is 15.3. The lowest BCUT2D eigenvalue weighted by atomic mass is 10.0. The predicted molar refractivity (Wildman–Crippen MR) is 98.8 cm³/mol. The quantitative estimate of drug-likeness (QED) is 0.653. The van der Waals surface area contributed by atoms with Crippen LogP contribution in [-0.2, 0) is 24.8 Å². The summed E-state index contributed by atoms with van der Waals surface area (Å²) in [6, 6.07) is 8.62. The highest BCUT2D eigenvalue weighted by Gasteiger charge is 2.39. The molecular formula is C20H30N3O+. The molecule has 0 aliphatic carbocycles. The molecule has 4 nitrogen and oxygen atoms in total. The first kappa shape index (κ1) is 17.2. The number of fused-ring (bicyclic) bond motifs is 3. The summed E-state index contributed by atoms with van der Waals surface area (Å²) >= 11 is 0. The lowest BCUT2D eigenvalue weighted by Crippen LogP contribution is -2.55. The molecule has 1 aliphatic heterocycles. The van der Waals surface area contributed by atoms with Gasteiger partial charge < -0.3 is 9.88 Å². The van der Waals surface area contributed by atoms with Crippen molar-refractivity contribution in [2.75, 3.05) is 26.2 Å². The highest BCUT2D eigenvalue weighted by atomic mass is 16.2. The van der Waals surface area contributed by atoms with Gasteiger partial charge in [-0.25, -0.2) is 4.79 Å². The van der Waals surface area contributed by atoms with E-state index >= 15 is 0 Å². The van der Waals surface area contributed by atoms with E-state index in [1.54, 1.807) is 6.92 Å². The van der Waals surface area contributed by atoms with Crippen LogP contribution in [0.25, 0.3) is 10.9 Å². The fraction of sp³-hybridized carbons (Fsp3) is 0.550. The second-order valence-electron chi connectivity index (χ2n) is 7.12. The number of aryl methyl sites for hydroxylation is 1. The van der Waals surface area contributed by atoms with Crippen molar-refractivity contribution in [3.8, 4) is 0 Å². The zero-order chi connectivity index (χ0) is 17.2. The van der Waals surface area contributed by atoms with E-state index in [-0.39, 0.29) is 0 Å². The summed E-state index contributed by atoms with van der Waals surface area (Å²) in [6.45, 7) is 8.73. The van der Waals surface area contributed by atoms with Crippen molar-refractivity contribution in [2.24, 2.45) is 7.05 Å². The molecule has 2 aromatic rings. The largest absolute Gasteiger partial charge is 0.343 e. The Labute approximate surface area is 145 Å². The Kier molecular flexibility index (Phi) is 5.07. The molecule has 2 heterocycles. The van der Waals surface area contributed by atoms with Gasteiger partial charge in [-0.1, -0.05) is 25.1 Å². The van der Waals surface area contributed by atoms with Gasteiger partial charge in [0, 0.05) is 37.3 Å². The van der Waals surface area contributed by atoms with Crippen molar-refractivity contribution in [2.45, 2.75) is 39.7 Å². The molecule has 0 saturated carbocycles. The van der Waals surface area contributed by atoms with Crippen LogP contribution >= 0.6 is 0 Å². The lowest BCUT2D eigenvalue weighted by Gasteiger charge is -2.38. The van der Waals surface area contributed by atoms with Gasteiger partial charge in [0.25, 0.3) is 0 Å². The van der Waals surface area contributed by atoms with Gasteiger partial charge in [0.15, 0.2) is 0 Å². The second-order valence-corrected chi connectivity index (χ2v) is 7.12. The number of hydrogen-bond donors (Lipinski definition) is 1. The predicted octanol–water partition coefficient (Wildman–Crippen LogP) is 2.99. The number of hydrogen-bond acceptors (Lipinski definition) is 2. The number of rotatable bonds is 6. The zero-order valence-corrected chi connectivity index (χ0v) is 15.3. The van der Waals surface area contributed by atoms with Gasteiger partial charge in [-0.05, 0) is 24.6 Å². The van der Waals surface area contributed by atoms with Gasteiger partial charge in [0.2, 0.25) is 0 Å². The standard InChI is InChI=1S/C20H30N3O/c1-4-11-21-12-7-13-23(16(2)24)14-10-18-17-8-5-6-9-19(17)22(3)20(18)15-23/h5-6,8-9,21H,4,7,10-15H2,1-3H3/q+1. The molecule has 0 spiro atoms. The normalized spacial score (nSPS) is 20.3. The van der Waals surface area contributed by atoms with E-state index in [0.717, 1.165) is 52.0 Å². The van der Waals surface area contributed by atoms with Crippen LogP contribution in [0.2, 0.25) is 0 Å². The van der Waals surface area contributed by atoms with Crippen molar-refractivity contribution in [3.63, 3.8) is 0 Å². The summed E-state index contributed by atoms with van der Waals surface area (Å²) in [5.41, 5.74) is 4.09. The third kappa shape index (κ3) is 3.01. The van der Waals surface area contributed by atoms with E-state index in [1.165, 1.54) is 22.2 Å². The van der Waals surface area contributed by atoms with Crippen LogP contribution in [0.15, 0.2) is 24.3 Å². The van der Waals surface area contributed by atoms with Crippen molar-refractivity contribution in [1.29, 1.82) is 0 Å². The fourth-order valence-corrected chi connectivity index (χ4v) is 4.12. The van der Waals surface area contributed by atoms with E-state index in [4.69, 9.17) is 0 Å². The number of carbonyl (C=O) groups excluding carboxylic acids is 1. The number of nitrogens with one attached hydrogen (secondary N) is 1. The Balaban J connectivity index is 1.83. The SMILES string of the molecule is CCCNCCC[N+]1(C(C)=O)CCc2c(n(C)c3ccccc23)C1. The summed E-state index contributed by atoms with van der Waals surface area (Å²) in [4.78, 5) is 12.5. The third-order valence-electron chi connectivity index (χ3n) is 5.62. The molecule has 0 radical (unpaired) electrons. The van der Waals surface area contributed by atoms with Crippen LogP contribution in [0.5, 0.6) is 0 Å². The summed E-state index contributed by atoms with van der Waals surface area (Å²) in [7, 11) is 2.14. The van der Waals surface area contributed by atoms with Crippen molar-refractivity contribution in [3.05, 3.63) is 35.5 Å². The number of amides is 1. The monoisotopic (exact) mass is 328 g/mol. The molecule has 24 heavy (non-hydrogen) atoms. The molecule has 0 bridgehead atoms. The topological polar surface area (TPSA) is 34.0 Å². The number of quaternary nitrogens is 1. The van der Waals surface area contributed by atoms with E-state index in [2.05, 4.69) is 48.1 Å². The average Bonchev–Trinajstić information content (AvgIpc) is 2.87. The number of carbonyl (C=O) groups is 1. The Morgan fingerprint density at radius 3 is 2.83 bits per heavy atom. The van der Waals surface area contributed by atoms with Crippen LogP contribution in [0, 0.1) is 0 Å². The highest BCUT2D eigenvalue weighted by Crippen LogP contribution is 2.33. The van der Waals surface area contributed by atoms with Crippen LogP contribution in [0.1, 0.15) is 37.9 Å². The second kappa shape index (κ2) is 7.08. The summed E-state index contributed by atoms with van der Waals surface area (Å²) in [5.74, 6) is 0.307. The number of aromatic nitrogens is 1. The van der Waals surface area contributed by atoms with Crippen LogP contribution in [-0.4, -0.2) is 41.1 Å². The number of para-hydroxylation sites is 1. The third-order valence-corrected chi connectivity index (χ3v) is 5.62. The maximum atomic E-state index is 12.5. The molecule has 1 unspecified atom stereocenters. The van der Waals surface area contributed by atoms with Crippen LogP contribution in [0.4, 0.5) is 0 Å². The lowest BCUT2D eigenvalue weighted by molar-refractivity contribution is -0.870. The first-order chi connectivity index (χ1) is 11.6. The van der Waals surface area contributed by atoms with Crippen LogP contribution in [0.3, 0.4) is 0 Å². The number of nitrogens with zero attached hydrogens (tertiary/aromatic N) is 2. The van der Waals surface area contributed by atoms with Crippen molar-refractivity contribution < 1.29 is 9.28 Å². The Morgan fingerprint density at radius 2 is 2.08 bits per heavy atom. The molecule has 1 N–H and O–H groups in total. The van der Waals surface area contributed by atoms with E-state index in [9.17, 15) is 4.79 Å². The van der Waals surface area contributed by atoms with Gasteiger partial charge in [-0.3, -0.25) is 4.48 Å². The highest BCUT2D eigenvalue weighted by molar-refractivity contribution is 5.85. The maximum absolute atomic E-state index is 12.5. The fourth-order valence-electron chi connectivity index (χ4n) is 4.12. The Morgan fingerprint density at radius 1 is 1.29 bits per heavy atom. The maximum Gasteiger partial charge on any atom is 0.310 e. The molecular weight excluding hydrogens is 298 g/mol. The molecule has 1 aromatic carbocycles. The van der Waals surface area contributed by atoms with Gasteiger partial charge >= 0.3 is 5.91 Å². The molecule has 1 aromatic heterocycles. The minimum absolute atomic E-state index is 0.307. The van der Waals surface area contributed by atoms with Crippen molar-refractivity contribution >= 4 is 16.8 Å². The Hall–Kier alpha value is -1.65. The first-order valence-electron chi connectivity index (χ1n) is 9.22. The molecule has 1 amide bonds. The molecule has 4 heteroatoms. The molecule has 3 rings (SSSR count). The van der Waals surface area contributed by atoms with Gasteiger partial charge in [-0.2, -0.15) is 0 Å². The van der Waals surface area contributed by atoms with Gasteiger partial charge in [0.05, 0.1) is 25.7 Å². The smallest absolute Gasteiger partial charge is 0.310 e. The molecule has 130 valence electrons. The molecule has 0 saturated heterocycles. The molecule has 1 atom stereocenters. The first-order valence-corrected chi connectivity index (χ1v) is 9.22. The number of benzene rings is 1. The summed E-state index contributed by atoms with van der Waals surface area (Å²) in [5, 5.41) is 4.82. The average molecular weight is 328 g/mol. The molecule has 0 fully saturated rings. The van der Waals surface area contributed by atoms with Crippen LogP contribution < -0.4 is 5.32 Å². The van der Waals surface area contributed by atoms with E-state index in [1.807, 2.05) is 0 Å². The van der Waals surface area contributed by atoms with Crippen molar-refractivity contribution in [1.82, 2.24) is 9.88 Å². The van der Waals surface area contributed by atoms with Gasteiger partial charge in [-0.15, -0.1) is 0 Å². The van der Waals surface area contributed by atoms with Gasteiger partial charge in [0.1, 0.15) is 6.54 Å².